The average Bonchev–Trinajstić information content (AvgIpc) is 2.97. The van der Waals surface area contributed by atoms with Crippen molar-refractivity contribution in [1.82, 2.24) is 9.80 Å². The Bertz CT molecular complexity index is 1170. The quantitative estimate of drug-likeness (QED) is 0.251. The summed E-state index contributed by atoms with van der Waals surface area (Å²) in [6, 6.07) is 28.6. The standard InChI is InChI=1S/C33H40N2O4/c1-26(36)38-24-25-39-31-17-11-10-16-30(31)27-18-21-35(22-19-27)23-20-33(32(37)34(2)3,28-12-6-4-7-13-28)29-14-8-5-9-15-29/h4-17,27H,18-25H2,1-3H3. The molecular weight excluding hydrogens is 488 g/mol. The number of nitrogens with zero attached hydrogens (tertiary/aromatic N) is 2. The summed E-state index contributed by atoms with van der Waals surface area (Å²) in [5.41, 5.74) is 2.53. The van der Waals surface area contributed by atoms with Gasteiger partial charge in [0.05, 0.1) is 0 Å². The van der Waals surface area contributed by atoms with Crippen LogP contribution in [0.15, 0.2) is 84.9 Å². The Morgan fingerprint density at radius 2 is 1.41 bits per heavy atom. The number of likely N-dealkylation sites (tertiary alicyclic amines) is 1. The molecule has 6 nitrogen and oxygen atoms in total. The van der Waals surface area contributed by atoms with Crippen molar-refractivity contribution in [3.8, 4) is 5.75 Å². The highest BCUT2D eigenvalue weighted by atomic mass is 16.6. The Labute approximate surface area is 232 Å². The Kier molecular flexibility index (Phi) is 9.77. The maximum Gasteiger partial charge on any atom is 0.302 e. The second-order valence-corrected chi connectivity index (χ2v) is 10.4. The maximum absolute atomic E-state index is 13.9. The second-order valence-electron chi connectivity index (χ2n) is 10.4. The molecule has 1 heterocycles. The average molecular weight is 529 g/mol. The smallest absolute Gasteiger partial charge is 0.302 e. The predicted molar refractivity (Wildman–Crippen MR) is 154 cm³/mol. The molecule has 0 atom stereocenters. The molecule has 0 unspecified atom stereocenters. The lowest BCUT2D eigenvalue weighted by molar-refractivity contribution is -0.141. The van der Waals surface area contributed by atoms with Gasteiger partial charge in [0.15, 0.2) is 0 Å². The molecule has 0 saturated carbocycles. The fourth-order valence-electron chi connectivity index (χ4n) is 5.72. The molecule has 0 radical (unpaired) electrons. The first kappa shape index (κ1) is 28.4. The minimum atomic E-state index is -0.745. The molecule has 6 heteroatoms. The predicted octanol–water partition coefficient (Wildman–Crippen LogP) is 5.27. The molecule has 0 aromatic heterocycles. The van der Waals surface area contributed by atoms with Gasteiger partial charge in [0.1, 0.15) is 24.4 Å². The molecule has 1 saturated heterocycles. The van der Waals surface area contributed by atoms with E-state index in [-0.39, 0.29) is 18.5 Å². The van der Waals surface area contributed by atoms with Crippen LogP contribution in [-0.4, -0.2) is 68.6 Å². The Morgan fingerprint density at radius 1 is 0.846 bits per heavy atom. The summed E-state index contributed by atoms with van der Waals surface area (Å²) in [5, 5.41) is 0. The van der Waals surface area contributed by atoms with Gasteiger partial charge >= 0.3 is 5.97 Å². The molecule has 1 aliphatic rings. The molecule has 4 rings (SSSR count). The van der Waals surface area contributed by atoms with Crippen LogP contribution < -0.4 is 4.74 Å². The summed E-state index contributed by atoms with van der Waals surface area (Å²) in [6.45, 7) is 4.75. The zero-order valence-corrected chi connectivity index (χ0v) is 23.3. The van der Waals surface area contributed by atoms with Crippen molar-refractivity contribution >= 4 is 11.9 Å². The largest absolute Gasteiger partial charge is 0.490 e. The van der Waals surface area contributed by atoms with Crippen molar-refractivity contribution in [2.45, 2.75) is 37.5 Å². The van der Waals surface area contributed by atoms with Crippen LogP contribution in [0.5, 0.6) is 5.75 Å². The number of carbonyl (C=O) groups is 2. The molecule has 0 N–H and O–H groups in total. The van der Waals surface area contributed by atoms with Crippen molar-refractivity contribution in [2.75, 3.05) is 46.9 Å². The van der Waals surface area contributed by atoms with E-state index in [4.69, 9.17) is 9.47 Å². The van der Waals surface area contributed by atoms with Crippen LogP contribution in [-0.2, 0) is 19.7 Å². The van der Waals surface area contributed by atoms with E-state index in [0.29, 0.717) is 18.9 Å². The number of carbonyl (C=O) groups excluding carboxylic acids is 2. The van der Waals surface area contributed by atoms with E-state index in [1.165, 1.54) is 12.5 Å². The molecular formula is C33H40N2O4. The van der Waals surface area contributed by atoms with Crippen LogP contribution in [0.2, 0.25) is 0 Å². The van der Waals surface area contributed by atoms with Crippen molar-refractivity contribution in [3.63, 3.8) is 0 Å². The summed E-state index contributed by atoms with van der Waals surface area (Å²) < 4.78 is 11.0. The summed E-state index contributed by atoms with van der Waals surface area (Å²) in [7, 11) is 3.69. The van der Waals surface area contributed by atoms with Crippen LogP contribution >= 0.6 is 0 Å². The van der Waals surface area contributed by atoms with E-state index in [1.807, 2.05) is 62.6 Å². The van der Waals surface area contributed by atoms with Crippen molar-refractivity contribution in [3.05, 3.63) is 102 Å². The normalized spacial score (nSPS) is 14.5. The third kappa shape index (κ3) is 6.87. The monoisotopic (exact) mass is 528 g/mol. The van der Waals surface area contributed by atoms with Gasteiger partial charge in [-0.3, -0.25) is 9.59 Å². The van der Waals surface area contributed by atoms with Crippen LogP contribution in [0.4, 0.5) is 0 Å². The van der Waals surface area contributed by atoms with Crippen LogP contribution in [0.25, 0.3) is 0 Å². The van der Waals surface area contributed by atoms with Crippen molar-refractivity contribution < 1.29 is 19.1 Å². The summed E-state index contributed by atoms with van der Waals surface area (Å²) in [6.07, 6.45) is 2.75. The Morgan fingerprint density at radius 3 is 1.97 bits per heavy atom. The van der Waals surface area contributed by atoms with Crippen molar-refractivity contribution in [2.24, 2.45) is 0 Å². The number of ether oxygens (including phenoxy) is 2. The molecule has 3 aromatic carbocycles. The highest BCUT2D eigenvalue weighted by Crippen LogP contribution is 2.39. The van der Waals surface area contributed by atoms with E-state index < -0.39 is 5.41 Å². The molecule has 1 aliphatic heterocycles. The van der Waals surface area contributed by atoms with Gasteiger partial charge in [-0.15, -0.1) is 0 Å². The number of amides is 1. The van der Waals surface area contributed by atoms with Gasteiger partial charge in [-0.05, 0) is 67.6 Å². The maximum atomic E-state index is 13.9. The first-order valence-electron chi connectivity index (χ1n) is 13.8. The van der Waals surface area contributed by atoms with E-state index in [1.54, 1.807) is 4.90 Å². The second kappa shape index (κ2) is 13.4. The number of benzene rings is 3. The fraction of sp³-hybridized carbons (Fsp3) is 0.394. The Balaban J connectivity index is 1.46. The molecule has 0 spiro atoms. The van der Waals surface area contributed by atoms with Gasteiger partial charge in [0.2, 0.25) is 5.91 Å². The van der Waals surface area contributed by atoms with E-state index >= 15 is 0 Å². The van der Waals surface area contributed by atoms with Gasteiger partial charge in [-0.25, -0.2) is 0 Å². The van der Waals surface area contributed by atoms with Gasteiger partial charge in [-0.2, -0.15) is 0 Å². The third-order valence-electron chi connectivity index (χ3n) is 7.70. The molecule has 1 amide bonds. The van der Waals surface area contributed by atoms with E-state index in [2.05, 4.69) is 41.3 Å². The first-order chi connectivity index (χ1) is 18.9. The van der Waals surface area contributed by atoms with Gasteiger partial charge in [0.25, 0.3) is 0 Å². The van der Waals surface area contributed by atoms with Crippen LogP contribution in [0, 0.1) is 0 Å². The lowest BCUT2D eigenvalue weighted by Crippen LogP contribution is -2.47. The topological polar surface area (TPSA) is 59.1 Å². The number of rotatable bonds is 11. The minimum absolute atomic E-state index is 0.106. The lowest BCUT2D eigenvalue weighted by Gasteiger charge is -2.39. The Hall–Kier alpha value is -3.64. The minimum Gasteiger partial charge on any atom is -0.490 e. The summed E-state index contributed by atoms with van der Waals surface area (Å²) in [5.74, 6) is 1.08. The summed E-state index contributed by atoms with van der Waals surface area (Å²) in [4.78, 5) is 29.2. The van der Waals surface area contributed by atoms with Gasteiger partial charge < -0.3 is 19.3 Å². The molecule has 3 aromatic rings. The number of para-hydroxylation sites is 1. The zero-order valence-electron chi connectivity index (χ0n) is 23.3. The van der Waals surface area contributed by atoms with Gasteiger partial charge in [-0.1, -0.05) is 78.9 Å². The molecule has 39 heavy (non-hydrogen) atoms. The molecule has 0 bridgehead atoms. The molecule has 206 valence electrons. The third-order valence-corrected chi connectivity index (χ3v) is 7.70. The number of esters is 1. The van der Waals surface area contributed by atoms with Gasteiger partial charge in [0, 0.05) is 21.0 Å². The highest BCUT2D eigenvalue weighted by molar-refractivity contribution is 5.92. The number of hydrogen-bond acceptors (Lipinski definition) is 5. The fourth-order valence-corrected chi connectivity index (χ4v) is 5.72. The number of piperidine rings is 1. The van der Waals surface area contributed by atoms with Crippen LogP contribution in [0.1, 0.15) is 48.8 Å². The SMILES string of the molecule is CC(=O)OCCOc1ccccc1C1CCN(CCC(C(=O)N(C)C)(c2ccccc2)c2ccccc2)CC1. The van der Waals surface area contributed by atoms with E-state index in [9.17, 15) is 9.59 Å². The molecule has 0 aliphatic carbocycles. The zero-order chi connectivity index (χ0) is 27.7. The number of likely N-dealkylation sites (N-methyl/N-ethyl adjacent to an activating group) is 1. The lowest BCUT2D eigenvalue weighted by atomic mass is 9.70. The molecule has 1 fully saturated rings. The summed E-state index contributed by atoms with van der Waals surface area (Å²) >= 11 is 0. The van der Waals surface area contributed by atoms with Crippen LogP contribution in [0.3, 0.4) is 0 Å². The van der Waals surface area contributed by atoms with E-state index in [0.717, 1.165) is 49.4 Å². The first-order valence-corrected chi connectivity index (χ1v) is 13.8. The number of hydrogen-bond donors (Lipinski definition) is 0. The highest BCUT2D eigenvalue weighted by Gasteiger charge is 2.43. The van der Waals surface area contributed by atoms with Crippen molar-refractivity contribution in [1.29, 1.82) is 0 Å².